The van der Waals surface area contributed by atoms with Gasteiger partial charge in [0.15, 0.2) is 11.5 Å². The largest absolute Gasteiger partial charge is 0.454 e. The molecule has 2 aromatic rings. The number of benzene rings is 1. The van der Waals surface area contributed by atoms with E-state index in [0.717, 1.165) is 28.4 Å². The third-order valence-electron chi connectivity index (χ3n) is 3.99. The number of ether oxygens (including phenoxy) is 2. The van der Waals surface area contributed by atoms with Gasteiger partial charge in [-0.25, -0.2) is 4.98 Å². The molecule has 1 aromatic heterocycles. The molecule has 18 heavy (non-hydrogen) atoms. The van der Waals surface area contributed by atoms with Crippen molar-refractivity contribution in [2.75, 3.05) is 6.79 Å². The fourth-order valence-corrected chi connectivity index (χ4v) is 2.99. The van der Waals surface area contributed by atoms with Crippen molar-refractivity contribution >= 4 is 11.0 Å². The van der Waals surface area contributed by atoms with Crippen LogP contribution in [0.5, 0.6) is 11.5 Å². The lowest BCUT2D eigenvalue weighted by Gasteiger charge is -2.18. The predicted molar refractivity (Wildman–Crippen MR) is 68.0 cm³/mol. The Bertz CT molecular complexity index is 544. The quantitative estimate of drug-likeness (QED) is 0.836. The number of rotatable bonds is 1. The topological polar surface area (TPSA) is 47.1 Å². The van der Waals surface area contributed by atoms with Crippen LogP contribution in [0.15, 0.2) is 12.1 Å². The fourth-order valence-electron chi connectivity index (χ4n) is 2.99. The summed E-state index contributed by atoms with van der Waals surface area (Å²) < 4.78 is 10.8. The molecule has 1 aliphatic carbocycles. The van der Waals surface area contributed by atoms with Crippen LogP contribution in [0.4, 0.5) is 0 Å². The number of nitrogens with one attached hydrogen (secondary N) is 1. The van der Waals surface area contributed by atoms with Crippen molar-refractivity contribution in [2.45, 2.75) is 38.0 Å². The lowest BCUT2D eigenvalue weighted by atomic mass is 9.89. The van der Waals surface area contributed by atoms with E-state index in [2.05, 4.69) is 4.98 Å². The van der Waals surface area contributed by atoms with Crippen LogP contribution in [0, 0.1) is 0 Å². The minimum Gasteiger partial charge on any atom is -0.454 e. The molecule has 2 heterocycles. The van der Waals surface area contributed by atoms with Crippen molar-refractivity contribution in [3.05, 3.63) is 18.0 Å². The maximum atomic E-state index is 5.39. The maximum Gasteiger partial charge on any atom is 0.231 e. The zero-order chi connectivity index (χ0) is 11.9. The molecule has 1 N–H and O–H groups in total. The van der Waals surface area contributed by atoms with E-state index in [1.54, 1.807) is 0 Å². The van der Waals surface area contributed by atoms with Crippen molar-refractivity contribution in [1.82, 2.24) is 9.97 Å². The summed E-state index contributed by atoms with van der Waals surface area (Å²) >= 11 is 0. The predicted octanol–water partition coefficient (Wildman–Crippen LogP) is 3.34. The SMILES string of the molecule is c1c2c(cc3[nH]c(C4CCCCC4)nc13)OCO2. The highest BCUT2D eigenvalue weighted by molar-refractivity contribution is 5.80. The zero-order valence-electron chi connectivity index (χ0n) is 10.2. The molecule has 1 aliphatic heterocycles. The molecule has 2 aliphatic rings. The highest BCUT2D eigenvalue weighted by Crippen LogP contribution is 2.37. The minimum atomic E-state index is 0.317. The van der Waals surface area contributed by atoms with E-state index in [0.29, 0.717) is 12.7 Å². The first-order valence-electron chi connectivity index (χ1n) is 6.69. The van der Waals surface area contributed by atoms with Crippen molar-refractivity contribution in [3.8, 4) is 11.5 Å². The summed E-state index contributed by atoms with van der Waals surface area (Å²) in [5, 5.41) is 0. The average molecular weight is 244 g/mol. The molecular weight excluding hydrogens is 228 g/mol. The number of hydrogen-bond acceptors (Lipinski definition) is 3. The molecule has 4 nitrogen and oxygen atoms in total. The summed E-state index contributed by atoms with van der Waals surface area (Å²) in [6.07, 6.45) is 6.53. The Morgan fingerprint density at radius 1 is 1.06 bits per heavy atom. The van der Waals surface area contributed by atoms with Crippen molar-refractivity contribution < 1.29 is 9.47 Å². The van der Waals surface area contributed by atoms with Gasteiger partial charge in [-0.3, -0.25) is 0 Å². The van der Waals surface area contributed by atoms with Crippen LogP contribution >= 0.6 is 0 Å². The fraction of sp³-hybridized carbons (Fsp3) is 0.500. The van der Waals surface area contributed by atoms with Crippen LogP contribution in [-0.4, -0.2) is 16.8 Å². The number of hydrogen-bond donors (Lipinski definition) is 1. The van der Waals surface area contributed by atoms with Gasteiger partial charge in [-0.1, -0.05) is 19.3 Å². The van der Waals surface area contributed by atoms with Gasteiger partial charge in [-0.05, 0) is 12.8 Å². The number of nitrogens with zero attached hydrogens (tertiary/aromatic N) is 1. The summed E-state index contributed by atoms with van der Waals surface area (Å²) in [5.74, 6) is 3.36. The molecule has 0 radical (unpaired) electrons. The van der Waals surface area contributed by atoms with Gasteiger partial charge < -0.3 is 14.5 Å². The second-order valence-electron chi connectivity index (χ2n) is 5.18. The molecule has 0 atom stereocenters. The molecule has 4 rings (SSSR count). The molecule has 94 valence electrons. The second-order valence-corrected chi connectivity index (χ2v) is 5.18. The molecule has 0 saturated heterocycles. The molecule has 1 fully saturated rings. The van der Waals surface area contributed by atoms with Gasteiger partial charge in [0, 0.05) is 18.1 Å². The van der Waals surface area contributed by atoms with E-state index in [1.165, 1.54) is 32.1 Å². The van der Waals surface area contributed by atoms with Crippen molar-refractivity contribution in [3.63, 3.8) is 0 Å². The highest BCUT2D eigenvalue weighted by Gasteiger charge is 2.21. The summed E-state index contributed by atoms with van der Waals surface area (Å²) in [6.45, 7) is 0.317. The van der Waals surface area contributed by atoms with E-state index in [4.69, 9.17) is 14.5 Å². The summed E-state index contributed by atoms with van der Waals surface area (Å²) in [6, 6.07) is 3.97. The van der Waals surface area contributed by atoms with Crippen molar-refractivity contribution in [1.29, 1.82) is 0 Å². The molecule has 4 heteroatoms. The van der Waals surface area contributed by atoms with Crippen LogP contribution in [0.25, 0.3) is 11.0 Å². The standard InChI is InChI=1S/C14H16N2O2/c1-2-4-9(5-3-1)14-15-10-6-12-13(18-8-17-12)7-11(10)16-14/h6-7,9H,1-5,8H2,(H,15,16). The Hall–Kier alpha value is -1.71. The number of aromatic amines is 1. The summed E-state index contributed by atoms with van der Waals surface area (Å²) in [7, 11) is 0. The number of fused-ring (bicyclic) bond motifs is 2. The first kappa shape index (κ1) is 10.2. The molecular formula is C14H16N2O2. The monoisotopic (exact) mass is 244 g/mol. The van der Waals surface area contributed by atoms with Gasteiger partial charge in [-0.15, -0.1) is 0 Å². The number of imidazole rings is 1. The first-order valence-corrected chi connectivity index (χ1v) is 6.69. The van der Waals surface area contributed by atoms with Crippen LogP contribution in [0.1, 0.15) is 43.8 Å². The summed E-state index contributed by atoms with van der Waals surface area (Å²) in [5.41, 5.74) is 2.04. The van der Waals surface area contributed by atoms with E-state index in [1.807, 2.05) is 12.1 Å². The van der Waals surface area contributed by atoms with Crippen LogP contribution in [-0.2, 0) is 0 Å². The van der Waals surface area contributed by atoms with E-state index in [-0.39, 0.29) is 0 Å². The van der Waals surface area contributed by atoms with Gasteiger partial charge in [0.25, 0.3) is 0 Å². The van der Waals surface area contributed by atoms with Gasteiger partial charge in [0.05, 0.1) is 11.0 Å². The molecule has 0 amide bonds. The zero-order valence-corrected chi connectivity index (χ0v) is 10.2. The van der Waals surface area contributed by atoms with Crippen molar-refractivity contribution in [2.24, 2.45) is 0 Å². The van der Waals surface area contributed by atoms with E-state index in [9.17, 15) is 0 Å². The van der Waals surface area contributed by atoms with E-state index >= 15 is 0 Å². The Balaban J connectivity index is 1.75. The first-order chi connectivity index (χ1) is 8.90. The lowest BCUT2D eigenvalue weighted by Crippen LogP contribution is -2.05. The van der Waals surface area contributed by atoms with E-state index < -0.39 is 0 Å². The second kappa shape index (κ2) is 3.90. The summed E-state index contributed by atoms with van der Waals surface area (Å²) in [4.78, 5) is 8.17. The van der Waals surface area contributed by atoms with Crippen LogP contribution in [0.3, 0.4) is 0 Å². The maximum absolute atomic E-state index is 5.39. The highest BCUT2D eigenvalue weighted by atomic mass is 16.7. The molecule has 1 saturated carbocycles. The third-order valence-corrected chi connectivity index (χ3v) is 3.99. The molecule has 1 aromatic carbocycles. The Labute approximate surface area is 105 Å². The number of H-pyrrole nitrogens is 1. The smallest absolute Gasteiger partial charge is 0.231 e. The third kappa shape index (κ3) is 1.55. The number of aromatic nitrogens is 2. The molecule has 0 unspecified atom stereocenters. The van der Waals surface area contributed by atoms with Gasteiger partial charge in [0.2, 0.25) is 6.79 Å². The normalized spacial score (nSPS) is 19.6. The van der Waals surface area contributed by atoms with Crippen LogP contribution in [0.2, 0.25) is 0 Å². The Morgan fingerprint density at radius 2 is 1.83 bits per heavy atom. The van der Waals surface area contributed by atoms with Crippen LogP contribution < -0.4 is 9.47 Å². The van der Waals surface area contributed by atoms with Gasteiger partial charge >= 0.3 is 0 Å². The van der Waals surface area contributed by atoms with Gasteiger partial charge in [0.1, 0.15) is 5.82 Å². The minimum absolute atomic E-state index is 0.317. The van der Waals surface area contributed by atoms with Gasteiger partial charge in [-0.2, -0.15) is 0 Å². The molecule has 0 bridgehead atoms. The molecule has 0 spiro atoms. The Kier molecular flexibility index (Phi) is 2.22. The lowest BCUT2D eigenvalue weighted by molar-refractivity contribution is 0.174. The average Bonchev–Trinajstić information content (AvgIpc) is 3.01. The Morgan fingerprint density at radius 3 is 2.67 bits per heavy atom.